The zero-order valence-electron chi connectivity index (χ0n) is 6.93. The quantitative estimate of drug-likeness (QED) is 0.547. The minimum absolute atomic E-state index is 0.0930. The summed E-state index contributed by atoms with van der Waals surface area (Å²) in [5.41, 5.74) is -0.356. The van der Waals surface area contributed by atoms with Crippen molar-refractivity contribution in [3.63, 3.8) is 0 Å². The Bertz CT molecular complexity index is 374. The first-order chi connectivity index (χ1) is 6.09. The second-order valence-electron chi connectivity index (χ2n) is 2.34. The minimum Gasteiger partial charge on any atom is -0.481 e. The Morgan fingerprint density at radius 2 is 2.46 bits per heavy atom. The topological polar surface area (TPSA) is 72.2 Å². The van der Waals surface area contributed by atoms with Gasteiger partial charge < -0.3 is 9.67 Å². The number of carboxylic acids is 1. The SMILES string of the molecule is Cn1ccc(=O)nc1SCC(=O)O. The molecule has 0 fully saturated rings. The molecule has 1 rings (SSSR count). The van der Waals surface area contributed by atoms with Gasteiger partial charge in [0.25, 0.3) is 5.56 Å². The van der Waals surface area contributed by atoms with Crippen molar-refractivity contribution in [1.82, 2.24) is 9.55 Å². The number of aromatic nitrogens is 2. The third kappa shape index (κ3) is 2.90. The van der Waals surface area contributed by atoms with Crippen molar-refractivity contribution in [2.75, 3.05) is 5.75 Å². The van der Waals surface area contributed by atoms with E-state index in [4.69, 9.17) is 5.11 Å². The van der Waals surface area contributed by atoms with Crippen molar-refractivity contribution in [2.45, 2.75) is 5.16 Å². The second-order valence-corrected chi connectivity index (χ2v) is 3.28. The molecule has 0 aromatic carbocycles. The molecule has 0 spiro atoms. The Morgan fingerprint density at radius 1 is 1.77 bits per heavy atom. The lowest BCUT2D eigenvalue weighted by Gasteiger charge is -2.03. The van der Waals surface area contributed by atoms with Gasteiger partial charge in [-0.05, 0) is 0 Å². The molecule has 1 aromatic rings. The molecule has 0 atom stereocenters. The first-order valence-electron chi connectivity index (χ1n) is 3.48. The highest BCUT2D eigenvalue weighted by molar-refractivity contribution is 7.99. The van der Waals surface area contributed by atoms with Gasteiger partial charge in [-0.25, -0.2) is 0 Å². The van der Waals surface area contributed by atoms with Crippen LogP contribution in [-0.4, -0.2) is 26.4 Å². The van der Waals surface area contributed by atoms with Crippen molar-refractivity contribution in [2.24, 2.45) is 7.05 Å². The molecule has 0 aliphatic rings. The summed E-state index contributed by atoms with van der Waals surface area (Å²) >= 11 is 1.02. The molecule has 0 radical (unpaired) electrons. The average molecular weight is 200 g/mol. The summed E-state index contributed by atoms with van der Waals surface area (Å²) in [7, 11) is 1.70. The number of hydrogen-bond donors (Lipinski definition) is 1. The molecule has 0 bridgehead atoms. The van der Waals surface area contributed by atoms with Gasteiger partial charge in [-0.15, -0.1) is 0 Å². The van der Waals surface area contributed by atoms with Crippen LogP contribution in [0.3, 0.4) is 0 Å². The molecular formula is C7H8N2O3S. The van der Waals surface area contributed by atoms with Crippen molar-refractivity contribution >= 4 is 17.7 Å². The number of carboxylic acid groups (broad SMARTS) is 1. The molecule has 70 valence electrons. The van der Waals surface area contributed by atoms with E-state index in [1.807, 2.05) is 0 Å². The van der Waals surface area contributed by atoms with Crippen LogP contribution in [0, 0.1) is 0 Å². The van der Waals surface area contributed by atoms with E-state index in [1.54, 1.807) is 17.8 Å². The van der Waals surface area contributed by atoms with E-state index in [2.05, 4.69) is 4.98 Å². The van der Waals surface area contributed by atoms with Crippen LogP contribution < -0.4 is 5.56 Å². The Balaban J connectivity index is 2.81. The van der Waals surface area contributed by atoms with E-state index in [-0.39, 0.29) is 11.3 Å². The standard InChI is InChI=1S/C7H8N2O3S/c1-9-3-2-5(10)8-7(9)13-4-6(11)12/h2-3H,4H2,1H3,(H,11,12). The third-order valence-electron chi connectivity index (χ3n) is 1.27. The van der Waals surface area contributed by atoms with Gasteiger partial charge in [0.15, 0.2) is 5.16 Å². The maximum absolute atomic E-state index is 10.8. The largest absolute Gasteiger partial charge is 0.481 e. The fraction of sp³-hybridized carbons (Fsp3) is 0.286. The average Bonchev–Trinajstić information content (AvgIpc) is 2.06. The highest BCUT2D eigenvalue weighted by atomic mass is 32.2. The zero-order chi connectivity index (χ0) is 9.84. The third-order valence-corrected chi connectivity index (χ3v) is 2.30. The molecule has 0 aliphatic carbocycles. The number of nitrogens with zero attached hydrogens (tertiary/aromatic N) is 2. The molecule has 0 unspecified atom stereocenters. The fourth-order valence-corrected chi connectivity index (χ4v) is 1.38. The van der Waals surface area contributed by atoms with Gasteiger partial charge in [0, 0.05) is 19.3 Å². The second kappa shape index (κ2) is 4.08. The number of hydrogen-bond acceptors (Lipinski definition) is 4. The highest BCUT2D eigenvalue weighted by Gasteiger charge is 2.03. The highest BCUT2D eigenvalue weighted by Crippen LogP contribution is 2.11. The van der Waals surface area contributed by atoms with E-state index in [1.165, 1.54) is 6.07 Å². The van der Waals surface area contributed by atoms with Crippen LogP contribution in [0.15, 0.2) is 22.2 Å². The van der Waals surface area contributed by atoms with Gasteiger partial charge in [0.2, 0.25) is 0 Å². The number of aryl methyl sites for hydroxylation is 1. The summed E-state index contributed by atoms with van der Waals surface area (Å²) in [5.74, 6) is -1.02. The molecule has 0 aliphatic heterocycles. The first kappa shape index (κ1) is 9.79. The van der Waals surface area contributed by atoms with Crippen LogP contribution >= 0.6 is 11.8 Å². The fourth-order valence-electron chi connectivity index (χ4n) is 0.710. The summed E-state index contributed by atoms with van der Waals surface area (Å²) in [6.45, 7) is 0. The monoisotopic (exact) mass is 200 g/mol. The van der Waals surface area contributed by atoms with E-state index in [0.717, 1.165) is 11.8 Å². The van der Waals surface area contributed by atoms with Gasteiger partial charge in [0.1, 0.15) is 0 Å². The van der Waals surface area contributed by atoms with E-state index in [9.17, 15) is 9.59 Å². The molecule has 6 heteroatoms. The van der Waals surface area contributed by atoms with Gasteiger partial charge in [-0.1, -0.05) is 11.8 Å². The van der Waals surface area contributed by atoms with E-state index >= 15 is 0 Å². The summed E-state index contributed by atoms with van der Waals surface area (Å²) in [6.07, 6.45) is 1.56. The van der Waals surface area contributed by atoms with Crippen molar-refractivity contribution in [3.8, 4) is 0 Å². The molecule has 1 N–H and O–H groups in total. The number of rotatable bonds is 3. The summed E-state index contributed by atoms with van der Waals surface area (Å²) < 4.78 is 1.61. The van der Waals surface area contributed by atoms with Crippen LogP contribution in [0.5, 0.6) is 0 Å². The molecular weight excluding hydrogens is 192 g/mol. The van der Waals surface area contributed by atoms with Crippen molar-refractivity contribution in [1.29, 1.82) is 0 Å². The smallest absolute Gasteiger partial charge is 0.313 e. The van der Waals surface area contributed by atoms with Crippen LogP contribution in [0.1, 0.15) is 0 Å². The predicted octanol–water partition coefficient (Wildman–Crippen LogP) is -0.0430. The molecule has 0 saturated carbocycles. The van der Waals surface area contributed by atoms with Gasteiger partial charge in [0.05, 0.1) is 5.75 Å². The van der Waals surface area contributed by atoms with Crippen molar-refractivity contribution < 1.29 is 9.90 Å². The molecule has 13 heavy (non-hydrogen) atoms. The predicted molar refractivity (Wildman–Crippen MR) is 47.8 cm³/mol. The van der Waals surface area contributed by atoms with Crippen LogP contribution in [-0.2, 0) is 11.8 Å². The Morgan fingerprint density at radius 3 is 3.08 bits per heavy atom. The lowest BCUT2D eigenvalue weighted by atomic mass is 10.6. The number of aliphatic carboxylic acids is 1. The molecule has 1 aromatic heterocycles. The number of carbonyl (C=O) groups is 1. The van der Waals surface area contributed by atoms with Crippen LogP contribution in [0.4, 0.5) is 0 Å². The molecule has 0 saturated heterocycles. The molecule has 0 amide bonds. The van der Waals surface area contributed by atoms with E-state index in [0.29, 0.717) is 5.16 Å². The molecule has 5 nitrogen and oxygen atoms in total. The Kier molecular flexibility index (Phi) is 3.07. The summed E-state index contributed by atoms with van der Waals surface area (Å²) in [5, 5.41) is 8.81. The number of thioether (sulfide) groups is 1. The summed E-state index contributed by atoms with van der Waals surface area (Å²) in [4.78, 5) is 24.7. The maximum atomic E-state index is 10.8. The Labute approximate surface area is 78.4 Å². The van der Waals surface area contributed by atoms with Crippen molar-refractivity contribution in [3.05, 3.63) is 22.6 Å². The normalized spacial score (nSPS) is 9.92. The van der Waals surface area contributed by atoms with Gasteiger partial charge >= 0.3 is 5.97 Å². The first-order valence-corrected chi connectivity index (χ1v) is 4.46. The van der Waals surface area contributed by atoms with Gasteiger partial charge in [-0.2, -0.15) is 4.98 Å². The van der Waals surface area contributed by atoms with Crippen LogP contribution in [0.2, 0.25) is 0 Å². The Hall–Kier alpha value is -1.30. The lowest BCUT2D eigenvalue weighted by molar-refractivity contribution is -0.133. The maximum Gasteiger partial charge on any atom is 0.313 e. The summed E-state index contributed by atoms with van der Waals surface area (Å²) in [6, 6.07) is 1.32. The lowest BCUT2D eigenvalue weighted by Crippen LogP contribution is -2.11. The van der Waals surface area contributed by atoms with E-state index < -0.39 is 5.97 Å². The zero-order valence-corrected chi connectivity index (χ0v) is 7.74. The molecule has 1 heterocycles. The van der Waals surface area contributed by atoms with Crippen LogP contribution in [0.25, 0.3) is 0 Å². The minimum atomic E-state index is -0.928. The van der Waals surface area contributed by atoms with Gasteiger partial charge in [-0.3, -0.25) is 9.59 Å².